The summed E-state index contributed by atoms with van der Waals surface area (Å²) in [5.41, 5.74) is 3.76. The first-order chi connectivity index (χ1) is 9.36. The van der Waals surface area contributed by atoms with Gasteiger partial charge in [-0.25, -0.2) is 15.0 Å². The van der Waals surface area contributed by atoms with Crippen molar-refractivity contribution in [2.45, 2.75) is 12.4 Å². The fourth-order valence-electron chi connectivity index (χ4n) is 1.83. The summed E-state index contributed by atoms with van der Waals surface area (Å²) in [6.07, 6.45) is 3.11. The number of halogens is 1. The lowest BCUT2D eigenvalue weighted by Crippen LogP contribution is -2.02. The van der Waals surface area contributed by atoms with Crippen molar-refractivity contribution in [1.82, 2.24) is 19.9 Å². The van der Waals surface area contributed by atoms with E-state index < -0.39 is 0 Å². The molecule has 0 amide bonds. The Balaban J connectivity index is 1.76. The molecular formula is C13H12ClN5. The first-order valence-corrected chi connectivity index (χ1v) is 6.42. The van der Waals surface area contributed by atoms with Gasteiger partial charge in [-0.1, -0.05) is 24.3 Å². The monoisotopic (exact) mass is 273 g/mol. The Kier molecular flexibility index (Phi) is 3.29. The summed E-state index contributed by atoms with van der Waals surface area (Å²) in [5.74, 6) is 1.29. The van der Waals surface area contributed by atoms with Crippen LogP contribution in [0.3, 0.4) is 0 Å². The fourth-order valence-corrected chi connectivity index (χ4v) is 2.01. The molecule has 5 nitrogen and oxygen atoms in total. The van der Waals surface area contributed by atoms with Crippen molar-refractivity contribution in [3.05, 3.63) is 48.0 Å². The largest absolute Gasteiger partial charge is 0.364 e. The number of H-pyrrole nitrogens is 1. The SMILES string of the molecule is ClCc1ccc(CNc2ncnc3nc[nH]c23)cc1. The highest BCUT2D eigenvalue weighted by molar-refractivity contribution is 6.17. The first-order valence-electron chi connectivity index (χ1n) is 5.88. The van der Waals surface area contributed by atoms with Gasteiger partial charge in [0.05, 0.1) is 6.33 Å². The van der Waals surface area contributed by atoms with Crippen LogP contribution in [-0.2, 0) is 12.4 Å². The highest BCUT2D eigenvalue weighted by atomic mass is 35.5. The molecule has 6 heteroatoms. The number of hydrogen-bond acceptors (Lipinski definition) is 4. The number of hydrogen-bond donors (Lipinski definition) is 2. The zero-order valence-electron chi connectivity index (χ0n) is 10.1. The van der Waals surface area contributed by atoms with Gasteiger partial charge in [0, 0.05) is 12.4 Å². The van der Waals surface area contributed by atoms with Gasteiger partial charge < -0.3 is 10.3 Å². The molecule has 0 unspecified atom stereocenters. The molecule has 0 aliphatic carbocycles. The summed E-state index contributed by atoms with van der Waals surface area (Å²) in [7, 11) is 0. The average molecular weight is 274 g/mol. The molecule has 0 bridgehead atoms. The number of alkyl halides is 1. The number of rotatable bonds is 4. The van der Waals surface area contributed by atoms with Crippen LogP contribution >= 0.6 is 11.6 Å². The van der Waals surface area contributed by atoms with Gasteiger partial charge in [0.2, 0.25) is 0 Å². The number of aromatic amines is 1. The molecule has 0 saturated heterocycles. The van der Waals surface area contributed by atoms with E-state index in [0.29, 0.717) is 18.1 Å². The van der Waals surface area contributed by atoms with Crippen LogP contribution in [0.15, 0.2) is 36.9 Å². The van der Waals surface area contributed by atoms with E-state index in [1.807, 2.05) is 12.1 Å². The maximum Gasteiger partial charge on any atom is 0.182 e. The Morgan fingerprint density at radius 2 is 1.84 bits per heavy atom. The normalized spacial score (nSPS) is 10.8. The lowest BCUT2D eigenvalue weighted by molar-refractivity contribution is 1.09. The number of aromatic nitrogens is 4. The Labute approximate surface area is 115 Å². The minimum Gasteiger partial charge on any atom is -0.364 e. The van der Waals surface area contributed by atoms with E-state index in [-0.39, 0.29) is 0 Å². The quantitative estimate of drug-likeness (QED) is 0.717. The van der Waals surface area contributed by atoms with E-state index in [0.717, 1.165) is 16.9 Å². The van der Waals surface area contributed by atoms with Crippen LogP contribution in [0.5, 0.6) is 0 Å². The van der Waals surface area contributed by atoms with Gasteiger partial charge in [-0.3, -0.25) is 0 Å². The molecule has 0 atom stereocenters. The number of anilines is 1. The van der Waals surface area contributed by atoms with Crippen LogP contribution in [0.25, 0.3) is 11.2 Å². The highest BCUT2D eigenvalue weighted by Gasteiger charge is 2.04. The van der Waals surface area contributed by atoms with Crippen LogP contribution in [0.1, 0.15) is 11.1 Å². The predicted octanol–water partition coefficient (Wildman–Crippen LogP) is 2.70. The van der Waals surface area contributed by atoms with Gasteiger partial charge in [0.1, 0.15) is 11.8 Å². The molecule has 2 aromatic heterocycles. The van der Waals surface area contributed by atoms with Gasteiger partial charge in [0.15, 0.2) is 11.5 Å². The Hall–Kier alpha value is -2.14. The van der Waals surface area contributed by atoms with Gasteiger partial charge >= 0.3 is 0 Å². The molecule has 96 valence electrons. The molecule has 1 aromatic carbocycles. The van der Waals surface area contributed by atoms with Gasteiger partial charge in [-0.05, 0) is 11.1 Å². The summed E-state index contributed by atoms with van der Waals surface area (Å²) < 4.78 is 0. The Morgan fingerprint density at radius 3 is 2.63 bits per heavy atom. The van der Waals surface area contributed by atoms with Crippen LogP contribution in [0.2, 0.25) is 0 Å². The average Bonchev–Trinajstić information content (AvgIpc) is 2.94. The lowest BCUT2D eigenvalue weighted by atomic mass is 10.1. The minimum atomic E-state index is 0.536. The Bertz CT molecular complexity index is 677. The fraction of sp³-hybridized carbons (Fsp3) is 0.154. The van der Waals surface area contributed by atoms with Crippen molar-refractivity contribution in [2.24, 2.45) is 0 Å². The van der Waals surface area contributed by atoms with E-state index in [1.165, 1.54) is 11.9 Å². The summed E-state index contributed by atoms with van der Waals surface area (Å²) in [6, 6.07) is 8.15. The second-order valence-electron chi connectivity index (χ2n) is 4.13. The molecule has 3 rings (SSSR count). The molecule has 2 N–H and O–H groups in total. The molecule has 3 aromatic rings. The molecule has 0 fully saturated rings. The second kappa shape index (κ2) is 5.24. The molecule has 0 aliphatic heterocycles. The zero-order valence-corrected chi connectivity index (χ0v) is 10.9. The lowest BCUT2D eigenvalue weighted by Gasteiger charge is -2.06. The number of nitrogens with zero attached hydrogens (tertiary/aromatic N) is 3. The minimum absolute atomic E-state index is 0.536. The standard InChI is InChI=1S/C13H12ClN5/c14-5-9-1-3-10(4-2-9)6-15-12-11-13(17-7-16-11)19-8-18-12/h1-4,7-8H,5-6H2,(H2,15,16,17,18,19). The van der Waals surface area contributed by atoms with E-state index in [1.54, 1.807) is 6.33 Å². The highest BCUT2D eigenvalue weighted by Crippen LogP contribution is 2.15. The van der Waals surface area contributed by atoms with E-state index in [9.17, 15) is 0 Å². The molecule has 0 radical (unpaired) electrons. The number of fused-ring (bicyclic) bond motifs is 1. The van der Waals surface area contributed by atoms with Crippen molar-refractivity contribution in [1.29, 1.82) is 0 Å². The van der Waals surface area contributed by atoms with Crippen molar-refractivity contribution in [3.8, 4) is 0 Å². The van der Waals surface area contributed by atoms with E-state index >= 15 is 0 Å². The number of benzene rings is 1. The van der Waals surface area contributed by atoms with Crippen LogP contribution in [-0.4, -0.2) is 19.9 Å². The van der Waals surface area contributed by atoms with Crippen molar-refractivity contribution >= 4 is 28.6 Å². The number of imidazole rings is 1. The van der Waals surface area contributed by atoms with Gasteiger partial charge in [-0.2, -0.15) is 0 Å². The Morgan fingerprint density at radius 1 is 1.05 bits per heavy atom. The molecule has 0 spiro atoms. The third kappa shape index (κ3) is 2.51. The van der Waals surface area contributed by atoms with Crippen LogP contribution in [0, 0.1) is 0 Å². The summed E-state index contributed by atoms with van der Waals surface area (Å²) >= 11 is 5.76. The number of nitrogens with one attached hydrogen (secondary N) is 2. The van der Waals surface area contributed by atoms with E-state index in [2.05, 4.69) is 37.4 Å². The van der Waals surface area contributed by atoms with E-state index in [4.69, 9.17) is 11.6 Å². The second-order valence-corrected chi connectivity index (χ2v) is 4.39. The topological polar surface area (TPSA) is 66.5 Å². The smallest absolute Gasteiger partial charge is 0.182 e. The van der Waals surface area contributed by atoms with Crippen molar-refractivity contribution in [3.63, 3.8) is 0 Å². The molecule has 19 heavy (non-hydrogen) atoms. The molecule has 2 heterocycles. The summed E-state index contributed by atoms with van der Waals surface area (Å²) in [4.78, 5) is 15.4. The zero-order chi connectivity index (χ0) is 13.1. The van der Waals surface area contributed by atoms with Gasteiger partial charge in [0.25, 0.3) is 0 Å². The van der Waals surface area contributed by atoms with Crippen molar-refractivity contribution < 1.29 is 0 Å². The maximum atomic E-state index is 5.76. The molecule has 0 aliphatic rings. The maximum absolute atomic E-state index is 5.76. The summed E-state index contributed by atoms with van der Waals surface area (Å²) in [6.45, 7) is 0.688. The molecule has 0 saturated carbocycles. The third-order valence-electron chi connectivity index (χ3n) is 2.86. The van der Waals surface area contributed by atoms with Gasteiger partial charge in [-0.15, -0.1) is 11.6 Å². The summed E-state index contributed by atoms with van der Waals surface area (Å²) in [5, 5.41) is 3.27. The first kappa shape index (κ1) is 11.9. The van der Waals surface area contributed by atoms with Crippen LogP contribution in [0.4, 0.5) is 5.82 Å². The van der Waals surface area contributed by atoms with Crippen molar-refractivity contribution in [2.75, 3.05) is 5.32 Å². The third-order valence-corrected chi connectivity index (χ3v) is 3.17. The predicted molar refractivity (Wildman–Crippen MR) is 75.0 cm³/mol. The van der Waals surface area contributed by atoms with Crippen LogP contribution < -0.4 is 5.32 Å². The molecular weight excluding hydrogens is 262 g/mol.